The lowest BCUT2D eigenvalue weighted by atomic mass is 10.2. The smallest absolute Gasteiger partial charge is 0.331 e. The van der Waals surface area contributed by atoms with Crippen LogP contribution in [0.3, 0.4) is 0 Å². The third kappa shape index (κ3) is 5.81. The van der Waals surface area contributed by atoms with E-state index in [2.05, 4.69) is 5.32 Å². The zero-order valence-corrected chi connectivity index (χ0v) is 14.6. The van der Waals surface area contributed by atoms with Gasteiger partial charge in [0.1, 0.15) is 11.6 Å². The minimum absolute atomic E-state index is 0.336. The van der Waals surface area contributed by atoms with Crippen LogP contribution in [0.5, 0.6) is 11.5 Å². The van der Waals surface area contributed by atoms with Crippen molar-refractivity contribution in [3.05, 3.63) is 59.7 Å². The highest BCUT2D eigenvalue weighted by Gasteiger charge is 2.10. The molecular weight excluding hydrogens is 360 g/mol. The van der Waals surface area contributed by atoms with Gasteiger partial charge < -0.3 is 19.5 Å². The van der Waals surface area contributed by atoms with E-state index in [1.165, 1.54) is 20.3 Å². The molecule has 27 heavy (non-hydrogen) atoms. The Hall–Kier alpha value is -3.42. The maximum absolute atomic E-state index is 13.4. The first-order valence-corrected chi connectivity index (χ1v) is 7.74. The summed E-state index contributed by atoms with van der Waals surface area (Å²) in [5.41, 5.74) is 0.313. The first-order chi connectivity index (χ1) is 12.9. The minimum atomic E-state index is -0.801. The maximum atomic E-state index is 13.4. The van der Waals surface area contributed by atoms with Gasteiger partial charge >= 0.3 is 5.97 Å². The molecule has 0 fully saturated rings. The third-order valence-electron chi connectivity index (χ3n) is 3.37. The Kier molecular flexibility index (Phi) is 6.87. The van der Waals surface area contributed by atoms with Gasteiger partial charge in [-0.3, -0.25) is 4.79 Å². The fourth-order valence-electron chi connectivity index (χ4n) is 2.09. The van der Waals surface area contributed by atoms with E-state index in [9.17, 15) is 18.4 Å². The molecule has 0 bridgehead atoms. The molecule has 0 saturated carbocycles. The number of nitrogens with one attached hydrogen (secondary N) is 1. The highest BCUT2D eigenvalue weighted by atomic mass is 19.1. The highest BCUT2D eigenvalue weighted by Crippen LogP contribution is 2.27. The van der Waals surface area contributed by atoms with Gasteiger partial charge in [0.15, 0.2) is 18.1 Å². The molecule has 2 aromatic carbocycles. The van der Waals surface area contributed by atoms with E-state index in [4.69, 9.17) is 14.2 Å². The van der Waals surface area contributed by atoms with Crippen molar-refractivity contribution in [1.29, 1.82) is 0 Å². The summed E-state index contributed by atoms with van der Waals surface area (Å²) in [6.07, 6.45) is 2.59. The molecule has 0 saturated heterocycles. The second kappa shape index (κ2) is 9.33. The Morgan fingerprint density at radius 2 is 1.78 bits per heavy atom. The zero-order valence-electron chi connectivity index (χ0n) is 14.6. The van der Waals surface area contributed by atoms with Crippen molar-refractivity contribution in [3.8, 4) is 11.5 Å². The Labute approximate surface area is 154 Å². The lowest BCUT2D eigenvalue weighted by Crippen LogP contribution is -2.20. The molecule has 0 aliphatic rings. The van der Waals surface area contributed by atoms with Crippen LogP contribution in [0.25, 0.3) is 6.08 Å². The molecule has 0 aromatic heterocycles. The van der Waals surface area contributed by atoms with Crippen LogP contribution in [0.1, 0.15) is 5.56 Å². The van der Waals surface area contributed by atoms with E-state index >= 15 is 0 Å². The van der Waals surface area contributed by atoms with Crippen molar-refractivity contribution < 1.29 is 32.6 Å². The second-order valence-electron chi connectivity index (χ2n) is 5.23. The quantitative estimate of drug-likeness (QED) is 0.593. The van der Waals surface area contributed by atoms with Gasteiger partial charge in [-0.1, -0.05) is 6.07 Å². The number of esters is 1. The molecule has 1 amide bonds. The first-order valence-electron chi connectivity index (χ1n) is 7.74. The molecule has 0 aliphatic heterocycles. The van der Waals surface area contributed by atoms with Gasteiger partial charge in [0.2, 0.25) is 0 Å². The molecule has 142 valence electrons. The highest BCUT2D eigenvalue weighted by molar-refractivity contribution is 5.94. The number of hydrogen-bond donors (Lipinski definition) is 1. The summed E-state index contributed by atoms with van der Waals surface area (Å²) < 4.78 is 41.5. The first kappa shape index (κ1) is 19.9. The largest absolute Gasteiger partial charge is 0.493 e. The van der Waals surface area contributed by atoms with Crippen LogP contribution in [0.15, 0.2) is 42.5 Å². The van der Waals surface area contributed by atoms with Crippen molar-refractivity contribution in [2.24, 2.45) is 0 Å². The number of carbonyl (C=O) groups excluding carboxylic acids is 2. The molecule has 0 unspecified atom stereocenters. The summed E-state index contributed by atoms with van der Waals surface area (Å²) in [5.74, 6) is -2.05. The summed E-state index contributed by atoms with van der Waals surface area (Å²) >= 11 is 0. The van der Waals surface area contributed by atoms with E-state index in [0.29, 0.717) is 17.1 Å². The molecular formula is C19H17F2NO5. The number of anilines is 1. The van der Waals surface area contributed by atoms with Crippen molar-refractivity contribution in [2.45, 2.75) is 0 Å². The van der Waals surface area contributed by atoms with Crippen LogP contribution in [-0.2, 0) is 14.3 Å². The maximum Gasteiger partial charge on any atom is 0.331 e. The monoisotopic (exact) mass is 377 g/mol. The molecule has 8 heteroatoms. The lowest BCUT2D eigenvalue weighted by Gasteiger charge is -2.08. The predicted octanol–water partition coefficient (Wildman–Crippen LogP) is 3.18. The SMILES string of the molecule is COc1ccc(C=CC(=O)OCC(=O)Nc2cc(F)ccc2F)cc1OC. The number of amides is 1. The molecule has 6 nitrogen and oxygen atoms in total. The number of hydrogen-bond acceptors (Lipinski definition) is 5. The molecule has 2 aromatic rings. The van der Waals surface area contributed by atoms with E-state index < -0.39 is 30.1 Å². The van der Waals surface area contributed by atoms with Gasteiger partial charge in [-0.2, -0.15) is 0 Å². The predicted molar refractivity (Wildman–Crippen MR) is 94.5 cm³/mol. The molecule has 0 atom stereocenters. The van der Waals surface area contributed by atoms with Crippen LogP contribution in [-0.4, -0.2) is 32.7 Å². The van der Waals surface area contributed by atoms with E-state index in [1.54, 1.807) is 18.2 Å². The van der Waals surface area contributed by atoms with Gasteiger partial charge in [-0.05, 0) is 35.9 Å². The van der Waals surface area contributed by atoms with Crippen LogP contribution in [0.4, 0.5) is 14.5 Å². The summed E-state index contributed by atoms with van der Waals surface area (Å²) in [4.78, 5) is 23.4. The standard InChI is InChI=1S/C19H17F2NO5/c1-25-16-7-3-12(9-17(16)26-2)4-8-19(24)27-11-18(23)22-15-10-13(20)5-6-14(15)21/h3-10H,11H2,1-2H3,(H,22,23). The molecule has 0 spiro atoms. The summed E-state index contributed by atoms with van der Waals surface area (Å²) in [6, 6.07) is 7.65. The Morgan fingerprint density at radius 3 is 2.48 bits per heavy atom. The molecule has 1 N–H and O–H groups in total. The molecule has 0 radical (unpaired) electrons. The average molecular weight is 377 g/mol. The van der Waals surface area contributed by atoms with Crippen molar-refractivity contribution in [2.75, 3.05) is 26.1 Å². The average Bonchev–Trinajstić information content (AvgIpc) is 2.67. The topological polar surface area (TPSA) is 73.9 Å². The van der Waals surface area contributed by atoms with Crippen molar-refractivity contribution in [3.63, 3.8) is 0 Å². The minimum Gasteiger partial charge on any atom is -0.493 e. The van der Waals surface area contributed by atoms with Crippen molar-refractivity contribution in [1.82, 2.24) is 0 Å². The van der Waals surface area contributed by atoms with Gasteiger partial charge in [-0.25, -0.2) is 13.6 Å². The van der Waals surface area contributed by atoms with Crippen LogP contribution in [0, 0.1) is 11.6 Å². The summed E-state index contributed by atoms with van der Waals surface area (Å²) in [5, 5.41) is 2.12. The Bertz CT molecular complexity index is 867. The number of ether oxygens (including phenoxy) is 3. The second-order valence-corrected chi connectivity index (χ2v) is 5.23. The molecule has 2 rings (SSSR count). The number of rotatable bonds is 7. The van der Waals surface area contributed by atoms with Crippen LogP contribution in [0.2, 0.25) is 0 Å². The molecule has 0 heterocycles. The Balaban J connectivity index is 1.89. The van der Waals surface area contributed by atoms with E-state index in [-0.39, 0.29) is 5.69 Å². The number of methoxy groups -OCH3 is 2. The van der Waals surface area contributed by atoms with E-state index in [1.807, 2.05) is 0 Å². The van der Waals surface area contributed by atoms with Gasteiger partial charge in [0.05, 0.1) is 19.9 Å². The van der Waals surface area contributed by atoms with Crippen LogP contribution < -0.4 is 14.8 Å². The third-order valence-corrected chi connectivity index (χ3v) is 3.37. The molecule has 0 aliphatic carbocycles. The summed E-state index contributed by atoms with van der Waals surface area (Å²) in [7, 11) is 2.99. The number of halogens is 2. The fourth-order valence-corrected chi connectivity index (χ4v) is 2.09. The van der Waals surface area contributed by atoms with Gasteiger partial charge in [0.25, 0.3) is 5.91 Å². The Morgan fingerprint density at radius 1 is 1.04 bits per heavy atom. The normalized spacial score (nSPS) is 10.5. The zero-order chi connectivity index (χ0) is 19.8. The lowest BCUT2D eigenvalue weighted by molar-refractivity contribution is -0.142. The number of carbonyl (C=O) groups is 2. The van der Waals surface area contributed by atoms with Gasteiger partial charge in [-0.15, -0.1) is 0 Å². The van der Waals surface area contributed by atoms with Crippen molar-refractivity contribution >= 4 is 23.6 Å². The number of benzene rings is 2. The summed E-state index contributed by atoms with van der Waals surface area (Å²) in [6.45, 7) is -0.648. The fraction of sp³-hybridized carbons (Fsp3) is 0.158. The van der Waals surface area contributed by atoms with Gasteiger partial charge in [0, 0.05) is 12.1 Å². The van der Waals surface area contributed by atoms with E-state index in [0.717, 1.165) is 24.3 Å². The van der Waals surface area contributed by atoms with Crippen LogP contribution >= 0.6 is 0 Å².